The van der Waals surface area contributed by atoms with E-state index < -0.39 is 23.8 Å². The minimum Gasteiger partial charge on any atom is -0.306 e. The first-order chi connectivity index (χ1) is 15.2. The Balaban J connectivity index is 1.58. The highest BCUT2D eigenvalue weighted by atomic mass is 35.5. The van der Waals surface area contributed by atoms with E-state index in [1.807, 2.05) is 6.07 Å². The second-order valence-corrected chi connectivity index (χ2v) is 7.35. The number of urea groups is 1. The van der Waals surface area contributed by atoms with Gasteiger partial charge in [0.15, 0.2) is 0 Å². The first-order valence-electron chi connectivity index (χ1n) is 9.29. The molecule has 0 radical (unpaired) electrons. The van der Waals surface area contributed by atoms with E-state index in [2.05, 4.69) is 15.5 Å². The molecule has 2 amide bonds. The van der Waals surface area contributed by atoms with E-state index in [9.17, 15) is 18.0 Å². The lowest BCUT2D eigenvalue weighted by molar-refractivity contribution is -0.137. The summed E-state index contributed by atoms with van der Waals surface area (Å²) in [5.74, 6) is 0. The van der Waals surface area contributed by atoms with Crippen LogP contribution in [0.15, 0.2) is 66.0 Å². The van der Waals surface area contributed by atoms with Crippen LogP contribution in [0.1, 0.15) is 22.7 Å². The van der Waals surface area contributed by atoms with Crippen LogP contribution in [0.2, 0.25) is 5.02 Å². The number of carbonyl (C=O) groups excluding carboxylic acids is 1. The van der Waals surface area contributed by atoms with Gasteiger partial charge in [-0.1, -0.05) is 23.7 Å². The predicted octanol–water partition coefficient (Wildman–Crippen LogP) is 4.92. The highest BCUT2D eigenvalue weighted by Crippen LogP contribution is 2.30. The van der Waals surface area contributed by atoms with Gasteiger partial charge in [-0.3, -0.25) is 4.68 Å². The Kier molecular flexibility index (Phi) is 5.59. The molecule has 3 aromatic rings. The van der Waals surface area contributed by atoms with E-state index in [1.54, 1.807) is 30.5 Å². The van der Waals surface area contributed by atoms with Gasteiger partial charge < -0.3 is 5.32 Å². The van der Waals surface area contributed by atoms with E-state index in [0.29, 0.717) is 21.9 Å². The van der Waals surface area contributed by atoms with E-state index in [1.165, 1.54) is 28.0 Å². The predicted molar refractivity (Wildman–Crippen MR) is 111 cm³/mol. The van der Waals surface area contributed by atoms with Crippen molar-refractivity contribution in [3.05, 3.63) is 82.6 Å². The summed E-state index contributed by atoms with van der Waals surface area (Å²) in [6, 6.07) is 11.9. The molecule has 1 N–H and O–H groups in total. The molecule has 0 fully saturated rings. The van der Waals surface area contributed by atoms with E-state index in [-0.39, 0.29) is 12.2 Å². The number of carbonyl (C=O) groups is 1. The van der Waals surface area contributed by atoms with Crippen LogP contribution in [0.5, 0.6) is 0 Å². The number of alkyl halides is 3. The Bertz CT molecular complexity index is 1210. The van der Waals surface area contributed by atoms with Crippen LogP contribution in [0.3, 0.4) is 0 Å². The molecule has 0 saturated carbocycles. The molecule has 1 atom stereocenters. The molecule has 7 nitrogen and oxygen atoms in total. The smallest absolute Gasteiger partial charge is 0.306 e. The molecule has 2 heterocycles. The topological polar surface area (TPSA) is 86.3 Å². The van der Waals surface area contributed by atoms with Gasteiger partial charge in [-0.15, -0.1) is 0 Å². The van der Waals surface area contributed by atoms with Gasteiger partial charge in [0.25, 0.3) is 0 Å². The number of nitrogens with one attached hydrogen (secondary N) is 1. The molecule has 162 valence electrons. The first-order valence-corrected chi connectivity index (χ1v) is 9.67. The standard InChI is InChI=1S/C21H14ClF3N6O/c22-16-5-1-14(2-6-16)19-18(30-11-13(9-26)10-27-30)12-31(29-19)20(32)28-17-7-3-15(4-8-17)21(23,24)25/h1-8,10-11,18H,12H2,(H,28,32). The van der Waals surface area contributed by atoms with Crippen molar-refractivity contribution in [1.82, 2.24) is 14.8 Å². The fraction of sp³-hybridized carbons (Fsp3) is 0.143. The summed E-state index contributed by atoms with van der Waals surface area (Å²) in [6.45, 7) is 0.108. The number of halogens is 4. The highest BCUT2D eigenvalue weighted by molar-refractivity contribution is 6.30. The molecule has 2 aromatic carbocycles. The number of nitriles is 1. The first kappa shape index (κ1) is 21.4. The van der Waals surface area contributed by atoms with Crippen LogP contribution in [0.4, 0.5) is 23.7 Å². The van der Waals surface area contributed by atoms with Gasteiger partial charge in [-0.2, -0.15) is 28.6 Å². The Hall–Kier alpha value is -3.84. The number of aromatic nitrogens is 2. The van der Waals surface area contributed by atoms with Crippen LogP contribution in [-0.4, -0.2) is 33.1 Å². The summed E-state index contributed by atoms with van der Waals surface area (Å²) >= 11 is 5.96. The Morgan fingerprint density at radius 2 is 1.84 bits per heavy atom. The summed E-state index contributed by atoms with van der Waals surface area (Å²) in [5, 5.41) is 21.9. The van der Waals surface area contributed by atoms with E-state index in [0.717, 1.165) is 12.1 Å². The van der Waals surface area contributed by atoms with Crippen LogP contribution in [-0.2, 0) is 6.18 Å². The molecule has 0 spiro atoms. The fourth-order valence-electron chi connectivity index (χ4n) is 3.19. The zero-order valence-corrected chi connectivity index (χ0v) is 17.0. The lowest BCUT2D eigenvalue weighted by Crippen LogP contribution is -2.31. The van der Waals surface area contributed by atoms with E-state index >= 15 is 0 Å². The molecule has 0 saturated heterocycles. The number of rotatable bonds is 3. The molecule has 1 aliphatic heterocycles. The number of benzene rings is 2. The average Bonchev–Trinajstić information content (AvgIpc) is 3.41. The number of hydrogen-bond donors (Lipinski definition) is 1. The fourth-order valence-corrected chi connectivity index (χ4v) is 3.32. The van der Waals surface area contributed by atoms with Crippen molar-refractivity contribution in [2.75, 3.05) is 11.9 Å². The third-order valence-corrected chi connectivity index (χ3v) is 5.03. The second kappa shape index (κ2) is 8.36. The molecular formula is C21H14ClF3N6O. The summed E-state index contributed by atoms with van der Waals surface area (Å²) < 4.78 is 39.8. The zero-order valence-electron chi connectivity index (χ0n) is 16.2. The minimum absolute atomic E-state index is 0.108. The van der Waals surface area contributed by atoms with Crippen LogP contribution in [0.25, 0.3) is 0 Å². The Morgan fingerprint density at radius 3 is 2.44 bits per heavy atom. The quantitative estimate of drug-likeness (QED) is 0.604. The molecule has 32 heavy (non-hydrogen) atoms. The number of hydrogen-bond acceptors (Lipinski definition) is 4. The van der Waals surface area contributed by atoms with E-state index in [4.69, 9.17) is 16.9 Å². The van der Waals surface area contributed by atoms with Crippen LogP contribution >= 0.6 is 11.6 Å². The number of amides is 2. The van der Waals surface area contributed by atoms with Crippen molar-refractivity contribution in [1.29, 1.82) is 5.26 Å². The number of nitrogens with zero attached hydrogens (tertiary/aromatic N) is 5. The normalized spacial score (nSPS) is 15.9. The second-order valence-electron chi connectivity index (χ2n) is 6.92. The van der Waals surface area contributed by atoms with Gasteiger partial charge in [0.2, 0.25) is 0 Å². The van der Waals surface area contributed by atoms with Crippen LogP contribution < -0.4 is 5.32 Å². The molecule has 1 aliphatic rings. The van der Waals surface area contributed by atoms with Crippen molar-refractivity contribution >= 4 is 29.0 Å². The minimum atomic E-state index is -4.46. The molecular weight excluding hydrogens is 445 g/mol. The molecule has 4 rings (SSSR count). The van der Waals surface area contributed by atoms with Crippen molar-refractivity contribution in [2.45, 2.75) is 12.2 Å². The average molecular weight is 459 g/mol. The number of anilines is 1. The van der Waals surface area contributed by atoms with Gasteiger partial charge in [0.1, 0.15) is 12.1 Å². The van der Waals surface area contributed by atoms with Gasteiger partial charge in [-0.05, 0) is 36.4 Å². The lowest BCUT2D eigenvalue weighted by Gasteiger charge is -2.16. The van der Waals surface area contributed by atoms with Crippen molar-refractivity contribution in [3.8, 4) is 6.07 Å². The monoisotopic (exact) mass is 458 g/mol. The molecule has 0 bridgehead atoms. The van der Waals surface area contributed by atoms with Crippen molar-refractivity contribution in [2.24, 2.45) is 5.10 Å². The van der Waals surface area contributed by atoms with Gasteiger partial charge >= 0.3 is 12.2 Å². The largest absolute Gasteiger partial charge is 0.416 e. The maximum absolute atomic E-state index is 12.7. The summed E-state index contributed by atoms with van der Waals surface area (Å²) in [4.78, 5) is 12.7. The zero-order chi connectivity index (χ0) is 22.9. The summed E-state index contributed by atoms with van der Waals surface area (Å²) in [7, 11) is 0. The maximum atomic E-state index is 12.7. The van der Waals surface area contributed by atoms with Crippen molar-refractivity contribution < 1.29 is 18.0 Å². The number of hydrazone groups is 1. The third kappa shape index (κ3) is 4.43. The van der Waals surface area contributed by atoms with Crippen LogP contribution in [0, 0.1) is 11.3 Å². The van der Waals surface area contributed by atoms with Gasteiger partial charge in [-0.25, -0.2) is 9.80 Å². The summed E-state index contributed by atoms with van der Waals surface area (Å²) in [6.07, 6.45) is -1.51. The molecule has 1 unspecified atom stereocenters. The highest BCUT2D eigenvalue weighted by Gasteiger charge is 2.34. The SMILES string of the molecule is N#Cc1cnn(C2CN(C(=O)Nc3ccc(C(F)(F)F)cc3)N=C2c2ccc(Cl)cc2)c1. The lowest BCUT2D eigenvalue weighted by atomic mass is 10.0. The molecule has 1 aromatic heterocycles. The molecule has 11 heteroatoms. The van der Waals surface area contributed by atoms with Crippen molar-refractivity contribution in [3.63, 3.8) is 0 Å². The maximum Gasteiger partial charge on any atom is 0.416 e. The Morgan fingerprint density at radius 1 is 1.16 bits per heavy atom. The molecule has 0 aliphatic carbocycles. The summed E-state index contributed by atoms with van der Waals surface area (Å²) in [5.41, 5.74) is 0.968. The van der Waals surface area contributed by atoms with Gasteiger partial charge in [0, 0.05) is 22.5 Å². The Labute approximate surface area is 185 Å². The van der Waals surface area contributed by atoms with Gasteiger partial charge in [0.05, 0.1) is 29.6 Å². The third-order valence-electron chi connectivity index (χ3n) is 4.78.